The Labute approximate surface area is 592 Å². The summed E-state index contributed by atoms with van der Waals surface area (Å²) in [5.74, 6) is -22.9. The quantitative estimate of drug-likeness (QED) is 0.0146. The van der Waals surface area contributed by atoms with Crippen molar-refractivity contribution in [2.45, 2.75) is 125 Å². The van der Waals surface area contributed by atoms with Crippen LogP contribution in [0.2, 0.25) is 0 Å². The van der Waals surface area contributed by atoms with E-state index in [9.17, 15) is 116 Å². The van der Waals surface area contributed by atoms with E-state index in [0.29, 0.717) is 27.8 Å². The number of anilines is 1. The molecule has 31 nitrogen and oxygen atoms in total. The van der Waals surface area contributed by atoms with Gasteiger partial charge in [-0.2, -0.15) is 0 Å². The van der Waals surface area contributed by atoms with Crippen molar-refractivity contribution in [1.82, 2.24) is 26.6 Å². The predicted molar refractivity (Wildman–Crippen MR) is 362 cm³/mol. The number of ketones is 3. The van der Waals surface area contributed by atoms with E-state index in [0.717, 1.165) is 42.5 Å². The number of unbranched alkanes of at least 4 members (excludes halogenated alkanes) is 1. The van der Waals surface area contributed by atoms with Crippen molar-refractivity contribution < 1.29 is 121 Å². The molecule has 1 fully saturated rings. The highest BCUT2D eigenvalue weighted by Crippen LogP contribution is 2.44. The van der Waals surface area contributed by atoms with Crippen molar-refractivity contribution in [3.63, 3.8) is 0 Å². The largest absolute Gasteiger partial charge is 0.505 e. The normalized spacial score (nSPS) is 14.8. The summed E-state index contributed by atoms with van der Waals surface area (Å²) in [7, 11) is 0. The lowest BCUT2D eigenvalue weighted by Crippen LogP contribution is -2.53. The Morgan fingerprint density at radius 2 is 1.20 bits per heavy atom. The molecule has 7 amide bonds. The van der Waals surface area contributed by atoms with Crippen LogP contribution in [0, 0.1) is 23.5 Å². The molecule has 1 aliphatic carbocycles. The highest BCUT2D eigenvalue weighted by molar-refractivity contribution is 8.00. The van der Waals surface area contributed by atoms with Crippen LogP contribution in [0.3, 0.4) is 0 Å². The summed E-state index contributed by atoms with van der Waals surface area (Å²) in [4.78, 5) is 207. The van der Waals surface area contributed by atoms with E-state index in [1.165, 1.54) is 0 Å². The van der Waals surface area contributed by atoms with Gasteiger partial charge in [0.1, 0.15) is 35.3 Å². The average molecular weight is 1460 g/mol. The number of carboxylic acid groups (broad SMARTS) is 6. The number of imide groups is 1. The van der Waals surface area contributed by atoms with Crippen molar-refractivity contribution >= 4 is 117 Å². The van der Waals surface area contributed by atoms with E-state index < -0.39 is 222 Å². The van der Waals surface area contributed by atoms with Crippen LogP contribution >= 0.6 is 11.8 Å². The highest BCUT2D eigenvalue weighted by Gasteiger charge is 2.42. The molecular formula is C70H71F2N7O24S. The summed E-state index contributed by atoms with van der Waals surface area (Å²) in [6.45, 7) is -0.663. The molecule has 34 heteroatoms. The van der Waals surface area contributed by atoms with E-state index in [1.807, 2.05) is 5.32 Å². The second-order valence-electron chi connectivity index (χ2n) is 24.4. The summed E-state index contributed by atoms with van der Waals surface area (Å²) in [5.41, 5.74) is 4.52. The molecule has 14 N–H and O–H groups in total. The number of rotatable bonds is 40. The summed E-state index contributed by atoms with van der Waals surface area (Å²) in [6.07, 6.45) is -5.07. The number of nitrogens with one attached hydrogen (secondary N) is 5. The molecule has 0 saturated carbocycles. The number of phenolic OH excluding ortho intramolecular Hbond substituents is 1. The summed E-state index contributed by atoms with van der Waals surface area (Å²) in [6, 6.07) is 13.9. The monoisotopic (exact) mass is 1460 g/mol. The summed E-state index contributed by atoms with van der Waals surface area (Å²) in [5, 5.41) is 78.4. The zero-order valence-corrected chi connectivity index (χ0v) is 55.8. The molecule has 1 saturated heterocycles. The summed E-state index contributed by atoms with van der Waals surface area (Å²) >= 11 is 0.625. The third-order valence-corrected chi connectivity index (χ3v) is 18.1. The fourth-order valence-corrected chi connectivity index (χ4v) is 12.6. The molecule has 0 bridgehead atoms. The Kier molecular flexibility index (Phi) is 28.1. The van der Waals surface area contributed by atoms with Crippen LogP contribution in [0.4, 0.5) is 19.3 Å². The Hall–Kier alpha value is -11.8. The lowest BCUT2D eigenvalue weighted by Gasteiger charge is -2.23. The molecule has 2 aliphatic heterocycles. The number of thioether (sulfide) groups is 1. The van der Waals surface area contributed by atoms with Gasteiger partial charge in [0.25, 0.3) is 0 Å². The molecule has 0 aromatic heterocycles. The zero-order valence-electron chi connectivity index (χ0n) is 55.0. The van der Waals surface area contributed by atoms with Gasteiger partial charge in [-0.05, 0) is 79.5 Å². The van der Waals surface area contributed by atoms with E-state index in [2.05, 4.69) is 21.3 Å². The molecule has 0 radical (unpaired) electrons. The fraction of sp³-hybridized carbons (Fsp3) is 0.343. The average Bonchev–Trinajstić information content (AvgIpc) is 0.808. The first-order chi connectivity index (χ1) is 49.3. The lowest BCUT2D eigenvalue weighted by molar-refractivity contribution is -0.144. The lowest BCUT2D eigenvalue weighted by atomic mass is 9.89. The Morgan fingerprint density at radius 1 is 0.596 bits per heavy atom. The summed E-state index contributed by atoms with van der Waals surface area (Å²) < 4.78 is 35.3. The number of carbonyl (C=O) groups is 15. The maximum Gasteiger partial charge on any atom is 0.336 e. The predicted octanol–water partition coefficient (Wildman–Crippen LogP) is 4.20. The number of nitrogens with two attached hydrogens (primary N) is 1. The number of hydrogen-bond donors (Lipinski definition) is 13. The van der Waals surface area contributed by atoms with Crippen molar-refractivity contribution in [2.24, 2.45) is 17.6 Å². The van der Waals surface area contributed by atoms with E-state index >= 15 is 0 Å². The Morgan fingerprint density at radius 3 is 1.81 bits per heavy atom. The standard InChI is InChI=1S/C70H71F2N7O24S/c71-44-26-42-55(29-51(44)81)103-56-30-52(82)45(72)27-43(56)62(42)40-17-15-38(25-41(40)67(96)97)79-59(86)31-57(65(79)93)104-33-37(66(94)95)24-54(84)50(28-61(89)90)76-64(92)46(73)32-74-63(91)36(21-34-9-3-1-4-10-34)23-53(83)49(22-35-11-5-2-6-12-35)75-58(85)14-8-7-13-39(80)16-18-47(68(98)99)77-70(102)78-48(69(100)101)19-20-60(87)88/h1-6,9-12,15,17,25-27,29-30,36-37,46-50,57,81H,7-8,13-14,16,18-24,28,31-33,73H2,(H,74,91)(H,75,85)(H,76,92)(H,87,88)(H,89,90)(H,94,95)(H,96,97)(H,98,99)(H,100,101)(H2,77,78,102)/t36-,37+,46+,47+,48+,49+,50+,57?/m1/s1. The van der Waals surface area contributed by atoms with Crippen LogP contribution in [-0.2, 0) is 75.2 Å². The van der Waals surface area contributed by atoms with E-state index in [-0.39, 0.29) is 84.1 Å². The number of hydrogen-bond acceptors (Lipinski definition) is 20. The number of aromatic carboxylic acids is 1. The van der Waals surface area contributed by atoms with Gasteiger partial charge in [0.05, 0.1) is 40.9 Å². The molecular weight excluding hydrogens is 1390 g/mol. The number of carbonyl (C=O) groups excluding carboxylic acids is 9. The van der Waals surface area contributed by atoms with Crippen LogP contribution in [0.1, 0.15) is 98.5 Å². The Balaban J connectivity index is 0.945. The molecule has 8 atom stereocenters. The van der Waals surface area contributed by atoms with Gasteiger partial charge in [0.15, 0.2) is 29.0 Å². The molecule has 550 valence electrons. The minimum absolute atomic E-state index is 0.0333. The van der Waals surface area contributed by atoms with E-state index in [1.54, 1.807) is 60.7 Å². The van der Waals surface area contributed by atoms with Crippen LogP contribution in [0.15, 0.2) is 112 Å². The number of amides is 7. The first-order valence-electron chi connectivity index (χ1n) is 32.2. The number of halogens is 2. The maximum absolute atomic E-state index is 14.9. The van der Waals surface area contributed by atoms with Gasteiger partial charge < -0.3 is 72.5 Å². The molecule has 3 aliphatic rings. The van der Waals surface area contributed by atoms with Crippen LogP contribution in [0.25, 0.3) is 33.4 Å². The molecule has 2 heterocycles. The molecule has 4 aromatic rings. The SMILES string of the molecule is N[C@@H](CNC(=O)[C@@H](CC(=O)[C@H](Cc1ccccc1)NC(=O)CCCCC(=O)CC[C@H](NC(=O)N[C@@H](CCC(=O)O)C(=O)O)C(=O)O)Cc1ccccc1)C(=O)N[C@@H](CC(=O)O)C(=O)C[C@@H](CSC1CC(=O)N(c2ccc(-c3c4cc(F)c(=O)cc-4oc4cc(O)c(F)cc34)c(C(=O)O)c2)C1=O)C(=O)O. The van der Waals surface area contributed by atoms with Gasteiger partial charge in [-0.3, -0.25) is 57.5 Å². The fourth-order valence-electron chi connectivity index (χ4n) is 11.3. The Bertz CT molecular complexity index is 4350. The molecule has 0 spiro atoms. The number of benzene rings is 5. The minimum atomic E-state index is -1.91. The van der Waals surface area contributed by atoms with Gasteiger partial charge in [0.2, 0.25) is 35.0 Å². The van der Waals surface area contributed by atoms with Crippen LogP contribution < -0.4 is 42.6 Å². The number of fused-ring (bicyclic) bond motifs is 2. The first-order valence-corrected chi connectivity index (χ1v) is 33.2. The highest BCUT2D eigenvalue weighted by atomic mass is 32.2. The molecule has 1 unspecified atom stereocenters. The molecule has 4 aromatic carbocycles. The van der Waals surface area contributed by atoms with Crippen molar-refractivity contribution in [2.75, 3.05) is 17.2 Å². The third kappa shape index (κ3) is 22.1. The third-order valence-electron chi connectivity index (χ3n) is 16.7. The van der Waals surface area contributed by atoms with Gasteiger partial charge >= 0.3 is 41.8 Å². The molecule has 7 rings (SSSR count). The number of carboxylic acids is 6. The van der Waals surface area contributed by atoms with Gasteiger partial charge in [-0.25, -0.2) is 32.9 Å². The number of aromatic hydroxyl groups is 1. The van der Waals surface area contributed by atoms with Gasteiger partial charge in [0, 0.05) is 91.8 Å². The number of nitrogens with zero attached hydrogens (tertiary/aromatic N) is 1. The van der Waals surface area contributed by atoms with E-state index in [4.69, 9.17) is 15.3 Å². The number of phenols is 1. The van der Waals surface area contributed by atoms with Crippen LogP contribution in [0.5, 0.6) is 5.75 Å². The first kappa shape index (κ1) is 79.5. The maximum atomic E-state index is 14.9. The van der Waals surface area contributed by atoms with Crippen molar-refractivity contribution in [3.05, 3.63) is 142 Å². The minimum Gasteiger partial charge on any atom is -0.505 e. The van der Waals surface area contributed by atoms with Crippen LogP contribution in [-0.4, -0.2) is 172 Å². The smallest absolute Gasteiger partial charge is 0.336 e. The second kappa shape index (κ2) is 36.7. The van der Waals surface area contributed by atoms with Crippen molar-refractivity contribution in [3.8, 4) is 28.2 Å². The number of aliphatic carboxylic acids is 5. The zero-order chi connectivity index (χ0) is 76.2. The number of urea groups is 1. The van der Waals surface area contributed by atoms with Gasteiger partial charge in [-0.1, -0.05) is 66.7 Å². The number of Topliss-reactive ketones (excluding diaryl/α,β-unsaturated/α-hetero) is 3. The second-order valence-corrected chi connectivity index (χ2v) is 25.6. The topological polar surface area (TPSA) is 517 Å². The van der Waals surface area contributed by atoms with Crippen molar-refractivity contribution in [1.29, 1.82) is 0 Å². The molecule has 104 heavy (non-hydrogen) atoms. The van der Waals surface area contributed by atoms with Gasteiger partial charge in [-0.15, -0.1) is 11.8 Å².